The molecule has 2 unspecified atom stereocenters. The van der Waals surface area contributed by atoms with Crippen LogP contribution in [0.5, 0.6) is 11.5 Å². The van der Waals surface area contributed by atoms with Crippen LogP contribution in [0.4, 0.5) is 0 Å². The van der Waals surface area contributed by atoms with Crippen molar-refractivity contribution in [2.75, 3.05) is 7.11 Å². The second kappa shape index (κ2) is 7.12. The summed E-state index contributed by atoms with van der Waals surface area (Å²) in [5, 5.41) is 0. The summed E-state index contributed by atoms with van der Waals surface area (Å²) in [5.41, 5.74) is 1.16. The molecule has 0 aliphatic carbocycles. The first-order valence-corrected chi connectivity index (χ1v) is 8.81. The third-order valence-corrected chi connectivity index (χ3v) is 4.94. The third-order valence-electron chi connectivity index (χ3n) is 4.94. The zero-order valence-corrected chi connectivity index (χ0v) is 15.6. The van der Waals surface area contributed by atoms with E-state index in [1.807, 2.05) is 6.07 Å². The van der Waals surface area contributed by atoms with E-state index in [9.17, 15) is 0 Å². The molecule has 23 heavy (non-hydrogen) atoms. The van der Waals surface area contributed by atoms with Crippen LogP contribution < -0.4 is 9.47 Å². The highest BCUT2D eigenvalue weighted by Crippen LogP contribution is 2.37. The number of ether oxygens (including phenoxy) is 3. The number of fused-ring (bicyclic) bond motifs is 1. The molecule has 2 atom stereocenters. The smallest absolute Gasteiger partial charge is 0.127 e. The molecule has 130 valence electrons. The number of hydrogen-bond donors (Lipinski definition) is 0. The van der Waals surface area contributed by atoms with E-state index in [-0.39, 0.29) is 17.3 Å². The predicted molar refractivity (Wildman–Crippen MR) is 94.5 cm³/mol. The lowest BCUT2D eigenvalue weighted by Gasteiger charge is -2.27. The Morgan fingerprint density at radius 2 is 2.09 bits per heavy atom. The molecular formula is C20H32O3. The second-order valence-electron chi connectivity index (χ2n) is 7.64. The minimum Gasteiger partial charge on any atom is -0.491 e. The standard InChI is InChI=1S/C20H32O3/c1-7-20(5,21-6)12-8-9-15(2)22-17-11-10-16-14-19(3,4)23-18(16)13-17/h10-11,13,15H,7-9,12,14H2,1-6H3. The number of methoxy groups -OCH3 is 1. The van der Waals surface area contributed by atoms with Crippen LogP contribution >= 0.6 is 0 Å². The van der Waals surface area contributed by atoms with Crippen molar-refractivity contribution >= 4 is 0 Å². The van der Waals surface area contributed by atoms with Gasteiger partial charge >= 0.3 is 0 Å². The summed E-state index contributed by atoms with van der Waals surface area (Å²) in [4.78, 5) is 0. The first kappa shape index (κ1) is 18.1. The molecule has 0 amide bonds. The molecule has 0 N–H and O–H groups in total. The molecule has 1 aliphatic heterocycles. The van der Waals surface area contributed by atoms with E-state index < -0.39 is 0 Å². The zero-order valence-electron chi connectivity index (χ0n) is 15.6. The van der Waals surface area contributed by atoms with Crippen LogP contribution in [0.25, 0.3) is 0 Å². The zero-order chi connectivity index (χ0) is 17.1. The Balaban J connectivity index is 1.84. The predicted octanol–water partition coefficient (Wildman–Crippen LogP) is 5.15. The lowest BCUT2D eigenvalue weighted by atomic mass is 9.95. The van der Waals surface area contributed by atoms with Gasteiger partial charge < -0.3 is 14.2 Å². The highest BCUT2D eigenvalue weighted by Gasteiger charge is 2.30. The van der Waals surface area contributed by atoms with Crippen molar-refractivity contribution in [3.05, 3.63) is 23.8 Å². The molecule has 3 heteroatoms. The Morgan fingerprint density at radius 1 is 1.35 bits per heavy atom. The van der Waals surface area contributed by atoms with Crippen LogP contribution in [0, 0.1) is 0 Å². The highest BCUT2D eigenvalue weighted by atomic mass is 16.5. The topological polar surface area (TPSA) is 27.7 Å². The second-order valence-corrected chi connectivity index (χ2v) is 7.64. The van der Waals surface area contributed by atoms with Gasteiger partial charge in [0.15, 0.2) is 0 Å². The Bertz CT molecular complexity index is 518. The Kier molecular flexibility index (Phi) is 5.61. The van der Waals surface area contributed by atoms with Crippen molar-refractivity contribution in [1.82, 2.24) is 0 Å². The molecule has 0 bridgehead atoms. The maximum absolute atomic E-state index is 6.07. The fraction of sp³-hybridized carbons (Fsp3) is 0.700. The highest BCUT2D eigenvalue weighted by molar-refractivity contribution is 5.44. The summed E-state index contributed by atoms with van der Waals surface area (Å²) in [5.74, 6) is 1.87. The van der Waals surface area contributed by atoms with Gasteiger partial charge in [-0.2, -0.15) is 0 Å². The van der Waals surface area contributed by atoms with E-state index in [1.165, 1.54) is 5.56 Å². The fourth-order valence-corrected chi connectivity index (χ4v) is 3.12. The number of rotatable bonds is 8. The summed E-state index contributed by atoms with van der Waals surface area (Å²) in [6, 6.07) is 6.22. The van der Waals surface area contributed by atoms with Crippen LogP contribution in [-0.4, -0.2) is 24.4 Å². The normalized spacial score (nSPS) is 19.6. The molecule has 2 rings (SSSR count). The molecule has 0 saturated heterocycles. The Labute approximate surface area is 141 Å². The van der Waals surface area contributed by atoms with Gasteiger partial charge in [0.25, 0.3) is 0 Å². The summed E-state index contributed by atoms with van der Waals surface area (Å²) < 4.78 is 17.6. The molecule has 0 fully saturated rings. The molecule has 0 radical (unpaired) electrons. The van der Waals surface area contributed by atoms with E-state index in [1.54, 1.807) is 7.11 Å². The Hall–Kier alpha value is -1.22. The maximum Gasteiger partial charge on any atom is 0.127 e. The number of hydrogen-bond acceptors (Lipinski definition) is 3. The summed E-state index contributed by atoms with van der Waals surface area (Å²) >= 11 is 0. The van der Waals surface area contributed by atoms with Crippen molar-refractivity contribution in [3.8, 4) is 11.5 Å². The van der Waals surface area contributed by atoms with E-state index in [0.29, 0.717) is 0 Å². The van der Waals surface area contributed by atoms with Gasteiger partial charge in [-0.15, -0.1) is 0 Å². The van der Waals surface area contributed by atoms with Crippen LogP contribution in [0.3, 0.4) is 0 Å². The Morgan fingerprint density at radius 3 is 2.74 bits per heavy atom. The minimum atomic E-state index is -0.0999. The van der Waals surface area contributed by atoms with Crippen LogP contribution in [0.15, 0.2) is 18.2 Å². The molecule has 0 aromatic heterocycles. The minimum absolute atomic E-state index is 0.00723. The van der Waals surface area contributed by atoms with Crippen molar-refractivity contribution in [2.24, 2.45) is 0 Å². The third kappa shape index (κ3) is 4.87. The van der Waals surface area contributed by atoms with Gasteiger partial charge in [-0.25, -0.2) is 0 Å². The first-order chi connectivity index (χ1) is 10.8. The fourth-order valence-electron chi connectivity index (χ4n) is 3.12. The van der Waals surface area contributed by atoms with E-state index in [4.69, 9.17) is 14.2 Å². The van der Waals surface area contributed by atoms with Crippen molar-refractivity contribution < 1.29 is 14.2 Å². The molecule has 3 nitrogen and oxygen atoms in total. The molecule has 1 aliphatic rings. The van der Waals surface area contributed by atoms with Gasteiger partial charge in [0.05, 0.1) is 11.7 Å². The average molecular weight is 320 g/mol. The average Bonchev–Trinajstić information content (AvgIpc) is 2.80. The molecule has 1 aromatic carbocycles. The van der Waals surface area contributed by atoms with E-state index >= 15 is 0 Å². The van der Waals surface area contributed by atoms with Crippen LogP contribution in [0.1, 0.15) is 65.9 Å². The molecular weight excluding hydrogens is 288 g/mol. The van der Waals surface area contributed by atoms with Gasteiger partial charge in [-0.1, -0.05) is 13.0 Å². The molecule has 0 spiro atoms. The van der Waals surface area contributed by atoms with Crippen LogP contribution in [0.2, 0.25) is 0 Å². The molecule has 1 aromatic rings. The van der Waals surface area contributed by atoms with Crippen LogP contribution in [-0.2, 0) is 11.2 Å². The van der Waals surface area contributed by atoms with Gasteiger partial charge in [0, 0.05) is 19.6 Å². The maximum atomic E-state index is 6.07. The quantitative estimate of drug-likeness (QED) is 0.662. The van der Waals surface area contributed by atoms with E-state index in [0.717, 1.165) is 43.6 Å². The van der Waals surface area contributed by atoms with E-state index in [2.05, 4.69) is 46.8 Å². The molecule has 1 heterocycles. The number of benzene rings is 1. The lowest BCUT2D eigenvalue weighted by Crippen LogP contribution is -2.26. The van der Waals surface area contributed by atoms with Crippen molar-refractivity contribution in [1.29, 1.82) is 0 Å². The van der Waals surface area contributed by atoms with Gasteiger partial charge in [-0.3, -0.25) is 0 Å². The summed E-state index contributed by atoms with van der Waals surface area (Å²) in [7, 11) is 1.80. The van der Waals surface area contributed by atoms with Crippen molar-refractivity contribution in [2.45, 2.75) is 84.0 Å². The summed E-state index contributed by atoms with van der Waals surface area (Å²) in [6.45, 7) is 10.7. The monoisotopic (exact) mass is 320 g/mol. The van der Waals surface area contributed by atoms with Gasteiger partial charge in [-0.05, 0) is 65.0 Å². The first-order valence-electron chi connectivity index (χ1n) is 8.81. The summed E-state index contributed by atoms with van der Waals surface area (Å²) in [6.07, 6.45) is 5.40. The van der Waals surface area contributed by atoms with Crippen molar-refractivity contribution in [3.63, 3.8) is 0 Å². The van der Waals surface area contributed by atoms with Gasteiger partial charge in [0.2, 0.25) is 0 Å². The molecule has 0 saturated carbocycles. The lowest BCUT2D eigenvalue weighted by molar-refractivity contribution is -0.00768. The van der Waals surface area contributed by atoms with Gasteiger partial charge in [0.1, 0.15) is 17.1 Å². The SMILES string of the molecule is CCC(C)(CCCC(C)Oc1ccc2c(c1)OC(C)(C)C2)OC. The largest absolute Gasteiger partial charge is 0.491 e.